The molecule has 3 rings (SSSR count). The van der Waals surface area contributed by atoms with Gasteiger partial charge in [0.05, 0.1) is 23.8 Å². The molecule has 5 heteroatoms. The molecule has 0 unspecified atom stereocenters. The van der Waals surface area contributed by atoms with Crippen molar-refractivity contribution in [3.05, 3.63) is 22.2 Å². The summed E-state index contributed by atoms with van der Waals surface area (Å²) in [6, 6.07) is 1.85. The number of benzene rings is 1. The molecule has 0 atom stereocenters. The zero-order valence-electron chi connectivity index (χ0n) is 10.7. The highest BCUT2D eigenvalue weighted by Gasteiger charge is 2.47. The lowest BCUT2D eigenvalue weighted by atomic mass is 9.98. The largest absolute Gasteiger partial charge is 0.489 e. The van der Waals surface area contributed by atoms with Crippen molar-refractivity contribution in [1.29, 1.82) is 0 Å². The van der Waals surface area contributed by atoms with E-state index in [0.717, 1.165) is 30.4 Å². The zero-order chi connectivity index (χ0) is 13.5. The lowest BCUT2D eigenvalue weighted by Gasteiger charge is -2.18. The second kappa shape index (κ2) is 4.55. The molecule has 0 bridgehead atoms. The van der Waals surface area contributed by atoms with Crippen LogP contribution in [-0.4, -0.2) is 19.3 Å². The minimum Gasteiger partial charge on any atom is -0.489 e. The Morgan fingerprint density at radius 2 is 2.00 bits per heavy atom. The second-order valence-corrected chi connectivity index (χ2v) is 5.38. The SMILES string of the molecule is Cc1c(C2(N=C=O)CC2)cc(Cl)c2c1OCCCO2. The summed E-state index contributed by atoms with van der Waals surface area (Å²) in [7, 11) is 0. The fourth-order valence-corrected chi connectivity index (χ4v) is 2.80. The Labute approximate surface area is 116 Å². The quantitative estimate of drug-likeness (QED) is 0.617. The van der Waals surface area contributed by atoms with Crippen LogP contribution in [0, 0.1) is 6.92 Å². The summed E-state index contributed by atoms with van der Waals surface area (Å²) in [5.41, 5.74) is 1.46. The molecule has 0 aromatic heterocycles. The summed E-state index contributed by atoms with van der Waals surface area (Å²) < 4.78 is 11.4. The van der Waals surface area contributed by atoms with E-state index in [-0.39, 0.29) is 0 Å². The summed E-state index contributed by atoms with van der Waals surface area (Å²) in [5.74, 6) is 1.29. The average Bonchev–Trinajstić information content (AvgIpc) is 3.17. The molecule has 0 N–H and O–H groups in total. The van der Waals surface area contributed by atoms with E-state index >= 15 is 0 Å². The van der Waals surface area contributed by atoms with Crippen molar-refractivity contribution in [2.45, 2.75) is 31.7 Å². The number of hydrogen-bond acceptors (Lipinski definition) is 4. The number of hydrogen-bond donors (Lipinski definition) is 0. The maximum atomic E-state index is 10.6. The molecule has 0 amide bonds. The molecule has 1 aromatic carbocycles. The Kier molecular flexibility index (Phi) is 3.00. The number of rotatable bonds is 2. The topological polar surface area (TPSA) is 47.9 Å². The molecule has 2 aliphatic rings. The van der Waals surface area contributed by atoms with Crippen LogP contribution in [0.15, 0.2) is 11.1 Å². The summed E-state index contributed by atoms with van der Waals surface area (Å²) in [4.78, 5) is 14.5. The van der Waals surface area contributed by atoms with Crippen LogP contribution in [0.2, 0.25) is 5.02 Å². The van der Waals surface area contributed by atoms with E-state index in [2.05, 4.69) is 4.99 Å². The van der Waals surface area contributed by atoms with Gasteiger partial charge in [0.15, 0.2) is 11.5 Å². The van der Waals surface area contributed by atoms with Gasteiger partial charge in [-0.25, -0.2) is 4.79 Å². The van der Waals surface area contributed by atoms with Crippen molar-refractivity contribution < 1.29 is 14.3 Å². The molecule has 19 heavy (non-hydrogen) atoms. The monoisotopic (exact) mass is 279 g/mol. The van der Waals surface area contributed by atoms with Crippen LogP contribution >= 0.6 is 11.6 Å². The van der Waals surface area contributed by atoms with Gasteiger partial charge in [-0.15, -0.1) is 0 Å². The molecule has 1 heterocycles. The number of nitrogens with zero attached hydrogens (tertiary/aromatic N) is 1. The van der Waals surface area contributed by atoms with Gasteiger partial charge in [-0.1, -0.05) is 11.6 Å². The van der Waals surface area contributed by atoms with Gasteiger partial charge in [-0.3, -0.25) is 0 Å². The third kappa shape index (κ3) is 2.01. The lowest BCUT2D eigenvalue weighted by molar-refractivity contribution is 0.296. The molecule has 1 fully saturated rings. The highest BCUT2D eigenvalue weighted by atomic mass is 35.5. The van der Waals surface area contributed by atoms with Crippen LogP contribution in [0.1, 0.15) is 30.4 Å². The van der Waals surface area contributed by atoms with Gasteiger partial charge in [0, 0.05) is 12.0 Å². The molecule has 1 aliphatic carbocycles. The van der Waals surface area contributed by atoms with E-state index in [9.17, 15) is 4.79 Å². The van der Waals surface area contributed by atoms with Crippen molar-refractivity contribution in [3.8, 4) is 11.5 Å². The Morgan fingerprint density at radius 3 is 2.63 bits per heavy atom. The van der Waals surface area contributed by atoms with Crippen LogP contribution in [0.25, 0.3) is 0 Å². The van der Waals surface area contributed by atoms with E-state index < -0.39 is 5.54 Å². The summed E-state index contributed by atoms with van der Waals surface area (Å²) in [5, 5.41) is 0.518. The maximum Gasteiger partial charge on any atom is 0.235 e. The molecule has 4 nitrogen and oxygen atoms in total. The lowest BCUT2D eigenvalue weighted by Crippen LogP contribution is -2.07. The Balaban J connectivity index is 2.15. The summed E-state index contributed by atoms with van der Waals surface area (Å²) >= 11 is 6.28. The van der Waals surface area contributed by atoms with Crippen molar-refractivity contribution in [1.82, 2.24) is 0 Å². The summed E-state index contributed by atoms with van der Waals surface area (Å²) in [6.45, 7) is 3.17. The predicted octanol–water partition coefficient (Wildman–Crippen LogP) is 3.13. The first-order chi connectivity index (χ1) is 9.18. The normalized spacial score (nSPS) is 19.3. The number of halogens is 1. The molecular formula is C14H14ClNO3. The summed E-state index contributed by atoms with van der Waals surface area (Å²) in [6.07, 6.45) is 4.19. The number of fused-ring (bicyclic) bond motifs is 1. The first kappa shape index (κ1) is 12.5. The fraction of sp³-hybridized carbons (Fsp3) is 0.500. The van der Waals surface area contributed by atoms with Gasteiger partial charge in [0.1, 0.15) is 0 Å². The molecule has 1 saturated carbocycles. The highest BCUT2D eigenvalue weighted by Crippen LogP contribution is 2.54. The highest BCUT2D eigenvalue weighted by molar-refractivity contribution is 6.32. The van der Waals surface area contributed by atoms with Gasteiger partial charge < -0.3 is 9.47 Å². The Bertz CT molecular complexity index is 575. The van der Waals surface area contributed by atoms with E-state index in [1.807, 2.05) is 13.0 Å². The molecule has 0 radical (unpaired) electrons. The number of isocyanates is 1. The van der Waals surface area contributed by atoms with Crippen molar-refractivity contribution in [2.24, 2.45) is 4.99 Å². The number of carbonyl (C=O) groups excluding carboxylic acids is 1. The van der Waals surface area contributed by atoms with Gasteiger partial charge in [-0.05, 0) is 31.4 Å². The Morgan fingerprint density at radius 1 is 1.32 bits per heavy atom. The van der Waals surface area contributed by atoms with E-state index in [1.54, 1.807) is 6.08 Å². The van der Waals surface area contributed by atoms with E-state index in [1.165, 1.54) is 0 Å². The van der Waals surface area contributed by atoms with Crippen LogP contribution < -0.4 is 9.47 Å². The smallest absolute Gasteiger partial charge is 0.235 e. The zero-order valence-corrected chi connectivity index (χ0v) is 11.4. The predicted molar refractivity (Wildman–Crippen MR) is 70.8 cm³/mol. The van der Waals surface area contributed by atoms with Crippen molar-refractivity contribution in [2.75, 3.05) is 13.2 Å². The molecular weight excluding hydrogens is 266 g/mol. The third-order valence-electron chi connectivity index (χ3n) is 3.70. The van der Waals surface area contributed by atoms with Gasteiger partial charge >= 0.3 is 0 Å². The number of aliphatic imine (C=N–C) groups is 1. The number of ether oxygens (including phenoxy) is 2. The average molecular weight is 280 g/mol. The molecule has 1 aliphatic heterocycles. The standard InChI is InChI=1S/C14H14ClNO3/c1-9-10(14(3-4-14)16-8-17)7-11(15)13-12(9)18-5-2-6-19-13/h7H,2-6H2,1H3. The van der Waals surface area contributed by atoms with Crippen LogP contribution in [-0.2, 0) is 10.3 Å². The van der Waals surface area contributed by atoms with Crippen LogP contribution in [0.5, 0.6) is 11.5 Å². The minimum atomic E-state index is -0.444. The minimum absolute atomic E-state index is 0.444. The second-order valence-electron chi connectivity index (χ2n) is 4.97. The van der Waals surface area contributed by atoms with Gasteiger partial charge in [0.25, 0.3) is 0 Å². The van der Waals surface area contributed by atoms with Crippen molar-refractivity contribution >= 4 is 17.7 Å². The van der Waals surface area contributed by atoms with Crippen LogP contribution in [0.3, 0.4) is 0 Å². The van der Waals surface area contributed by atoms with Gasteiger partial charge in [-0.2, -0.15) is 4.99 Å². The molecule has 100 valence electrons. The maximum absolute atomic E-state index is 10.6. The fourth-order valence-electron chi connectivity index (χ4n) is 2.55. The van der Waals surface area contributed by atoms with E-state index in [0.29, 0.717) is 29.7 Å². The molecule has 1 aromatic rings. The van der Waals surface area contributed by atoms with Crippen LogP contribution in [0.4, 0.5) is 0 Å². The third-order valence-corrected chi connectivity index (χ3v) is 3.99. The first-order valence-electron chi connectivity index (χ1n) is 6.36. The Hall–Kier alpha value is -1.51. The van der Waals surface area contributed by atoms with Gasteiger partial charge in [0.2, 0.25) is 6.08 Å². The van der Waals surface area contributed by atoms with Crippen molar-refractivity contribution in [3.63, 3.8) is 0 Å². The molecule has 0 spiro atoms. The molecule has 0 saturated heterocycles. The van der Waals surface area contributed by atoms with E-state index in [4.69, 9.17) is 21.1 Å². The first-order valence-corrected chi connectivity index (χ1v) is 6.74.